The van der Waals surface area contributed by atoms with E-state index >= 15 is 0 Å². The maximum atomic E-state index is 8.52. The molecular weight excluding hydrogens is 350 g/mol. The van der Waals surface area contributed by atoms with Crippen LogP contribution in [0.4, 0.5) is 0 Å². The van der Waals surface area contributed by atoms with Gasteiger partial charge in [-0.1, -0.05) is 6.07 Å². The maximum Gasteiger partial charge on any atom is 0.0848 e. The van der Waals surface area contributed by atoms with Gasteiger partial charge in [-0.05, 0) is 39.8 Å². The van der Waals surface area contributed by atoms with Crippen LogP contribution in [-0.4, -0.2) is 36.0 Å². The molecule has 0 radical (unpaired) electrons. The second-order valence-corrected chi connectivity index (χ2v) is 7.26. The summed E-state index contributed by atoms with van der Waals surface area (Å²) >= 11 is 0. The Morgan fingerprint density at radius 2 is 1.18 bits per heavy atom. The van der Waals surface area contributed by atoms with E-state index in [9.17, 15) is 0 Å². The topological polar surface area (TPSA) is 96.2 Å². The van der Waals surface area contributed by atoms with Crippen molar-refractivity contribution in [3.8, 4) is 0 Å². The van der Waals surface area contributed by atoms with Gasteiger partial charge in [-0.15, -0.1) is 0 Å². The summed E-state index contributed by atoms with van der Waals surface area (Å²) in [6, 6.07) is 5.54. The van der Waals surface area contributed by atoms with Gasteiger partial charge in [0.1, 0.15) is 0 Å². The van der Waals surface area contributed by atoms with Crippen molar-refractivity contribution in [3.63, 3.8) is 0 Å². The van der Waals surface area contributed by atoms with E-state index in [1.807, 2.05) is 69.4 Å². The molecular formula is C21H27N7. The van der Waals surface area contributed by atoms with Gasteiger partial charge in [-0.25, -0.2) is 4.98 Å². The van der Waals surface area contributed by atoms with Gasteiger partial charge in [0, 0.05) is 49.5 Å². The second-order valence-electron chi connectivity index (χ2n) is 7.26. The fraction of sp³-hybridized carbons (Fsp3) is 0.381. The van der Waals surface area contributed by atoms with E-state index in [0.717, 1.165) is 33.9 Å². The molecule has 0 aromatic carbocycles. The molecule has 0 aliphatic rings. The number of hydrogen-bond acceptors (Lipinski definition) is 5. The van der Waals surface area contributed by atoms with Crippen LogP contribution in [0, 0.1) is 38.5 Å². The Hall–Kier alpha value is -3.09. The third-order valence-electron chi connectivity index (χ3n) is 5.39. The molecule has 0 amide bonds. The molecule has 28 heavy (non-hydrogen) atoms. The van der Waals surface area contributed by atoms with Crippen LogP contribution in [-0.2, 0) is 26.9 Å². The van der Waals surface area contributed by atoms with Gasteiger partial charge >= 0.3 is 0 Å². The van der Waals surface area contributed by atoms with Gasteiger partial charge in [0.2, 0.25) is 0 Å². The predicted molar refractivity (Wildman–Crippen MR) is 111 cm³/mol. The zero-order chi connectivity index (χ0) is 20.6. The molecule has 3 heterocycles. The third kappa shape index (κ3) is 3.65. The van der Waals surface area contributed by atoms with Crippen LogP contribution >= 0.6 is 0 Å². The summed E-state index contributed by atoms with van der Waals surface area (Å²) in [5, 5.41) is 25.9. The molecule has 0 spiro atoms. The highest BCUT2D eigenvalue weighted by Gasteiger charge is 2.16. The lowest BCUT2D eigenvalue weighted by Crippen LogP contribution is -2.13. The Morgan fingerprint density at radius 3 is 1.50 bits per heavy atom. The highest BCUT2D eigenvalue weighted by molar-refractivity contribution is 6.01. The number of hydrogen-bond donors (Lipinski definition) is 2. The van der Waals surface area contributed by atoms with E-state index in [0.29, 0.717) is 35.7 Å². The standard InChI is InChI=1S/C21H27N7/c1-12-16(14(3)27(5)25-12)10-18(22)20-8-7-9-21(24-20)19(23)11-17-13(2)26-28(6)15(17)4/h7-9,22-23H,10-11H2,1-6H3. The van der Waals surface area contributed by atoms with E-state index < -0.39 is 0 Å². The highest BCUT2D eigenvalue weighted by atomic mass is 15.3. The van der Waals surface area contributed by atoms with E-state index in [4.69, 9.17) is 10.8 Å². The SMILES string of the molecule is Cc1nn(C)c(C)c1CC(=N)c1cccc(C(=N)Cc2c(C)nn(C)c2C)n1. The van der Waals surface area contributed by atoms with Crippen molar-refractivity contribution < 1.29 is 0 Å². The van der Waals surface area contributed by atoms with Crippen molar-refractivity contribution >= 4 is 11.4 Å². The molecule has 7 heteroatoms. The first-order valence-corrected chi connectivity index (χ1v) is 9.29. The van der Waals surface area contributed by atoms with Crippen molar-refractivity contribution in [2.45, 2.75) is 40.5 Å². The first-order chi connectivity index (χ1) is 13.2. The summed E-state index contributed by atoms with van der Waals surface area (Å²) < 4.78 is 3.69. The Bertz CT molecular complexity index is 987. The van der Waals surface area contributed by atoms with E-state index in [-0.39, 0.29) is 0 Å². The van der Waals surface area contributed by atoms with Crippen molar-refractivity contribution in [2.24, 2.45) is 14.1 Å². The lowest BCUT2D eigenvalue weighted by atomic mass is 10.0. The summed E-state index contributed by atoms with van der Waals surface area (Å²) in [4.78, 5) is 4.59. The summed E-state index contributed by atoms with van der Waals surface area (Å²) in [5.41, 5.74) is 8.21. The number of nitrogens with zero attached hydrogens (tertiary/aromatic N) is 5. The average Bonchev–Trinajstić information content (AvgIpc) is 3.04. The first-order valence-electron chi connectivity index (χ1n) is 9.29. The summed E-state index contributed by atoms with van der Waals surface area (Å²) in [5.74, 6) is 0. The van der Waals surface area contributed by atoms with E-state index in [1.165, 1.54) is 0 Å². The lowest BCUT2D eigenvalue weighted by Gasteiger charge is -2.08. The lowest BCUT2D eigenvalue weighted by molar-refractivity contribution is 0.730. The Labute approximate surface area is 165 Å². The Balaban J connectivity index is 1.81. The van der Waals surface area contributed by atoms with Crippen LogP contribution in [0.1, 0.15) is 45.3 Å². The van der Waals surface area contributed by atoms with Crippen molar-refractivity contribution in [3.05, 3.63) is 63.5 Å². The molecule has 0 atom stereocenters. The van der Waals surface area contributed by atoms with E-state index in [2.05, 4.69) is 15.2 Å². The number of pyridine rings is 1. The van der Waals surface area contributed by atoms with Gasteiger partial charge < -0.3 is 10.8 Å². The summed E-state index contributed by atoms with van der Waals surface area (Å²) in [6.45, 7) is 7.96. The number of nitrogens with one attached hydrogen (secondary N) is 2. The number of rotatable bonds is 6. The van der Waals surface area contributed by atoms with Crippen LogP contribution in [0.2, 0.25) is 0 Å². The molecule has 0 aliphatic carbocycles. The smallest absolute Gasteiger partial charge is 0.0848 e. The molecule has 0 aliphatic heterocycles. The molecule has 0 fully saturated rings. The average molecular weight is 377 g/mol. The number of aryl methyl sites for hydroxylation is 4. The molecule has 0 unspecified atom stereocenters. The molecule has 0 bridgehead atoms. The van der Waals surface area contributed by atoms with E-state index in [1.54, 1.807) is 0 Å². The molecule has 0 saturated heterocycles. The van der Waals surface area contributed by atoms with Gasteiger partial charge in [0.25, 0.3) is 0 Å². The van der Waals surface area contributed by atoms with Gasteiger partial charge in [-0.2, -0.15) is 10.2 Å². The van der Waals surface area contributed by atoms with Crippen LogP contribution in [0.25, 0.3) is 0 Å². The molecule has 3 rings (SSSR count). The molecule has 3 aromatic rings. The largest absolute Gasteiger partial charge is 0.303 e. The minimum Gasteiger partial charge on any atom is -0.303 e. The Morgan fingerprint density at radius 1 is 0.786 bits per heavy atom. The molecule has 2 N–H and O–H groups in total. The third-order valence-corrected chi connectivity index (χ3v) is 5.39. The maximum absolute atomic E-state index is 8.52. The van der Waals surface area contributed by atoms with Gasteiger partial charge in [0.15, 0.2) is 0 Å². The summed E-state index contributed by atoms with van der Waals surface area (Å²) in [7, 11) is 3.83. The molecule has 7 nitrogen and oxygen atoms in total. The highest BCUT2D eigenvalue weighted by Crippen LogP contribution is 2.17. The van der Waals surface area contributed by atoms with Crippen molar-refractivity contribution in [1.29, 1.82) is 10.8 Å². The van der Waals surface area contributed by atoms with Crippen LogP contribution in [0.15, 0.2) is 18.2 Å². The second kappa shape index (κ2) is 7.50. The van der Waals surface area contributed by atoms with Crippen LogP contribution < -0.4 is 0 Å². The first kappa shape index (κ1) is 19.7. The quantitative estimate of drug-likeness (QED) is 0.646. The van der Waals surface area contributed by atoms with Crippen LogP contribution in [0.5, 0.6) is 0 Å². The zero-order valence-electron chi connectivity index (χ0n) is 17.4. The fourth-order valence-corrected chi connectivity index (χ4v) is 3.45. The Kier molecular flexibility index (Phi) is 5.27. The zero-order valence-corrected chi connectivity index (χ0v) is 17.4. The van der Waals surface area contributed by atoms with Gasteiger partial charge in [0.05, 0.1) is 34.2 Å². The molecule has 0 saturated carbocycles. The van der Waals surface area contributed by atoms with Crippen molar-refractivity contribution in [1.82, 2.24) is 24.5 Å². The normalized spacial score (nSPS) is 11.1. The van der Waals surface area contributed by atoms with Gasteiger partial charge in [-0.3, -0.25) is 9.36 Å². The fourth-order valence-electron chi connectivity index (χ4n) is 3.45. The van der Waals surface area contributed by atoms with Crippen molar-refractivity contribution in [2.75, 3.05) is 0 Å². The molecule has 3 aromatic heterocycles. The number of aromatic nitrogens is 5. The monoisotopic (exact) mass is 377 g/mol. The summed E-state index contributed by atoms with van der Waals surface area (Å²) in [6.07, 6.45) is 0.965. The predicted octanol–water partition coefficient (Wildman–Crippen LogP) is 3.00. The molecule has 146 valence electrons. The minimum atomic E-state index is 0.433. The minimum absolute atomic E-state index is 0.433. The van der Waals surface area contributed by atoms with Crippen LogP contribution in [0.3, 0.4) is 0 Å².